The van der Waals surface area contributed by atoms with Crippen LogP contribution in [0.2, 0.25) is 0 Å². The highest BCUT2D eigenvalue weighted by atomic mass is 79.9. The number of amides is 1. The summed E-state index contributed by atoms with van der Waals surface area (Å²) in [6, 6.07) is 0. The van der Waals surface area contributed by atoms with Crippen LogP contribution in [0.5, 0.6) is 0 Å². The fourth-order valence-electron chi connectivity index (χ4n) is 3.28. The van der Waals surface area contributed by atoms with Crippen LogP contribution in [0.25, 0.3) is 0 Å². The Balaban J connectivity index is 2.06. The molecule has 1 fully saturated rings. The number of hydrogen-bond acceptors (Lipinski definition) is 3. The minimum absolute atomic E-state index is 0.172. The molecule has 0 aromatic heterocycles. The molecule has 2 unspecified atom stereocenters. The predicted octanol–water partition coefficient (Wildman–Crippen LogP) is 4.11. The maximum absolute atomic E-state index is 12.2. The van der Waals surface area contributed by atoms with Gasteiger partial charge in [-0.2, -0.15) is 0 Å². The number of nitrogens with zero attached hydrogens (tertiary/aromatic N) is 2. The molecule has 1 rings (SSSR count). The third-order valence-corrected chi connectivity index (χ3v) is 5.80. The Kier molecular flexibility index (Phi) is 12.2. The summed E-state index contributed by atoms with van der Waals surface area (Å²) >= 11 is 3.51. The Bertz CT molecular complexity index is 428. The van der Waals surface area contributed by atoms with Gasteiger partial charge in [-0.25, -0.2) is 3.93 Å². The average molecular weight is 431 g/mol. The highest BCUT2D eigenvalue weighted by Gasteiger charge is 2.20. The first-order valence-electron chi connectivity index (χ1n) is 10.4. The topological polar surface area (TPSA) is 70.7 Å². The van der Waals surface area contributed by atoms with Crippen molar-refractivity contribution in [2.45, 2.75) is 72.1 Å². The summed E-state index contributed by atoms with van der Waals surface area (Å²) in [5, 5.41) is 3.10. The van der Waals surface area contributed by atoms with Crippen molar-refractivity contribution in [1.82, 2.24) is 9.24 Å². The number of carbonyl (C=O) groups excluding carboxylic acids is 1. The lowest BCUT2D eigenvalue weighted by molar-refractivity contribution is -0.125. The number of halogens is 1. The second-order valence-electron chi connectivity index (χ2n) is 8.03. The fraction of sp³-hybridized carbons (Fsp3) is 0.900. The molecule has 0 radical (unpaired) electrons. The van der Waals surface area contributed by atoms with Gasteiger partial charge < -0.3 is 11.1 Å². The molecule has 3 N–H and O–H groups in total. The Morgan fingerprint density at radius 2 is 2.08 bits per heavy atom. The molecule has 0 aromatic carbocycles. The lowest BCUT2D eigenvalue weighted by Gasteiger charge is -2.16. The molecule has 152 valence electrons. The van der Waals surface area contributed by atoms with Crippen LogP contribution in [-0.2, 0) is 4.79 Å². The second kappa shape index (κ2) is 13.5. The third kappa shape index (κ3) is 10.5. The summed E-state index contributed by atoms with van der Waals surface area (Å²) in [5.74, 6) is 2.47. The standard InChI is InChI=1S/C20H39BrN4O/c1-4-18(10-9-16(2)3)20(26)23-12-7-5-6-8-19(22)24-14-17-11-13-25(21)15-17/h16-18H,4-15H2,1-3H3,(H2,22,24)(H,23,26). The molecule has 0 aromatic rings. The summed E-state index contributed by atoms with van der Waals surface area (Å²) < 4.78 is 2.17. The Morgan fingerprint density at radius 1 is 1.31 bits per heavy atom. The van der Waals surface area contributed by atoms with E-state index in [2.05, 4.69) is 51.2 Å². The SMILES string of the molecule is CCC(CCC(C)C)C(=O)NCCCCCC(N)=NCC1CCN(Br)C1. The van der Waals surface area contributed by atoms with E-state index < -0.39 is 0 Å². The molecule has 2 atom stereocenters. The van der Waals surface area contributed by atoms with Gasteiger partial charge in [0.2, 0.25) is 5.91 Å². The molecule has 1 aliphatic rings. The van der Waals surface area contributed by atoms with Crippen molar-refractivity contribution in [2.24, 2.45) is 28.5 Å². The largest absolute Gasteiger partial charge is 0.387 e. The van der Waals surface area contributed by atoms with E-state index in [1.54, 1.807) is 0 Å². The zero-order chi connectivity index (χ0) is 19.4. The smallest absolute Gasteiger partial charge is 0.223 e. The molecule has 0 saturated carbocycles. The molecule has 6 heteroatoms. The number of hydrogen-bond donors (Lipinski definition) is 2. The maximum atomic E-state index is 12.2. The van der Waals surface area contributed by atoms with Gasteiger partial charge in [0.1, 0.15) is 0 Å². The van der Waals surface area contributed by atoms with Crippen molar-refractivity contribution in [2.75, 3.05) is 26.2 Å². The van der Waals surface area contributed by atoms with Gasteiger partial charge in [-0.15, -0.1) is 0 Å². The number of unbranched alkanes of at least 4 members (excludes halogenated alkanes) is 2. The molecule has 26 heavy (non-hydrogen) atoms. The Labute approximate surface area is 168 Å². The maximum Gasteiger partial charge on any atom is 0.223 e. The molecule has 1 amide bonds. The van der Waals surface area contributed by atoms with E-state index in [4.69, 9.17) is 5.73 Å². The van der Waals surface area contributed by atoms with Crippen LogP contribution in [0, 0.1) is 17.8 Å². The first-order valence-corrected chi connectivity index (χ1v) is 11.1. The van der Waals surface area contributed by atoms with E-state index in [9.17, 15) is 4.79 Å². The summed E-state index contributed by atoms with van der Waals surface area (Å²) in [6.07, 6.45) is 8.26. The van der Waals surface area contributed by atoms with Crippen LogP contribution in [0.1, 0.15) is 72.1 Å². The Morgan fingerprint density at radius 3 is 2.69 bits per heavy atom. The summed E-state index contributed by atoms with van der Waals surface area (Å²) in [4.78, 5) is 16.7. The van der Waals surface area contributed by atoms with Crippen LogP contribution in [0.15, 0.2) is 4.99 Å². The first kappa shape index (κ1) is 23.4. The normalized spacial score (nSPS) is 19.9. The number of nitrogens with one attached hydrogen (secondary N) is 1. The zero-order valence-corrected chi connectivity index (χ0v) is 18.6. The molecule has 0 aliphatic carbocycles. The van der Waals surface area contributed by atoms with Crippen LogP contribution in [0.3, 0.4) is 0 Å². The summed E-state index contributed by atoms with van der Waals surface area (Å²) in [7, 11) is 0. The number of amidine groups is 1. The molecule has 1 saturated heterocycles. The molecule has 1 aliphatic heterocycles. The molecule has 0 bridgehead atoms. The lowest BCUT2D eigenvalue weighted by Crippen LogP contribution is -2.31. The average Bonchev–Trinajstić information content (AvgIpc) is 3.01. The van der Waals surface area contributed by atoms with Crippen molar-refractivity contribution in [1.29, 1.82) is 0 Å². The Hall–Kier alpha value is -0.620. The highest BCUT2D eigenvalue weighted by Crippen LogP contribution is 2.19. The third-order valence-electron chi connectivity index (χ3n) is 5.15. The molecule has 1 heterocycles. The monoisotopic (exact) mass is 430 g/mol. The minimum atomic E-state index is 0.172. The number of carbonyl (C=O) groups is 1. The second-order valence-corrected chi connectivity index (χ2v) is 9.04. The molecule has 5 nitrogen and oxygen atoms in total. The number of rotatable bonds is 13. The van der Waals surface area contributed by atoms with Gasteiger partial charge in [-0.05, 0) is 43.9 Å². The van der Waals surface area contributed by atoms with Crippen LogP contribution in [-0.4, -0.2) is 41.8 Å². The van der Waals surface area contributed by atoms with Gasteiger partial charge in [0.15, 0.2) is 0 Å². The molecular weight excluding hydrogens is 392 g/mol. The summed E-state index contributed by atoms with van der Waals surface area (Å²) in [6.45, 7) is 10.3. The van der Waals surface area contributed by atoms with E-state index in [0.717, 1.165) is 77.0 Å². The van der Waals surface area contributed by atoms with Crippen molar-refractivity contribution in [3.63, 3.8) is 0 Å². The number of aliphatic imine (C=N–C) groups is 1. The van der Waals surface area contributed by atoms with E-state index in [1.165, 1.54) is 6.42 Å². The zero-order valence-electron chi connectivity index (χ0n) is 17.0. The lowest BCUT2D eigenvalue weighted by atomic mass is 9.95. The molecular formula is C20H39BrN4O. The minimum Gasteiger partial charge on any atom is -0.387 e. The van der Waals surface area contributed by atoms with E-state index in [1.807, 2.05) is 0 Å². The van der Waals surface area contributed by atoms with E-state index >= 15 is 0 Å². The van der Waals surface area contributed by atoms with Crippen molar-refractivity contribution >= 4 is 27.9 Å². The highest BCUT2D eigenvalue weighted by molar-refractivity contribution is 9.07. The van der Waals surface area contributed by atoms with E-state index in [-0.39, 0.29) is 11.8 Å². The van der Waals surface area contributed by atoms with Gasteiger partial charge in [0.05, 0.1) is 5.84 Å². The van der Waals surface area contributed by atoms with Gasteiger partial charge in [-0.1, -0.05) is 33.6 Å². The first-order chi connectivity index (χ1) is 12.4. The van der Waals surface area contributed by atoms with Crippen LogP contribution < -0.4 is 11.1 Å². The van der Waals surface area contributed by atoms with Crippen molar-refractivity contribution in [3.8, 4) is 0 Å². The quantitative estimate of drug-likeness (QED) is 0.200. The molecule has 0 spiro atoms. The van der Waals surface area contributed by atoms with E-state index in [0.29, 0.717) is 11.8 Å². The van der Waals surface area contributed by atoms with Crippen LogP contribution >= 0.6 is 16.1 Å². The van der Waals surface area contributed by atoms with Gasteiger partial charge in [0.25, 0.3) is 0 Å². The van der Waals surface area contributed by atoms with Crippen molar-refractivity contribution < 1.29 is 4.79 Å². The van der Waals surface area contributed by atoms with Crippen LogP contribution in [0.4, 0.5) is 0 Å². The van der Waals surface area contributed by atoms with Gasteiger partial charge >= 0.3 is 0 Å². The summed E-state index contributed by atoms with van der Waals surface area (Å²) in [5.41, 5.74) is 6.02. The predicted molar refractivity (Wildman–Crippen MR) is 114 cm³/mol. The number of nitrogens with two attached hydrogens (primary N) is 1. The van der Waals surface area contributed by atoms with Gasteiger partial charge in [-0.3, -0.25) is 9.79 Å². The van der Waals surface area contributed by atoms with Crippen molar-refractivity contribution in [3.05, 3.63) is 0 Å². The van der Waals surface area contributed by atoms with Gasteiger partial charge in [0, 0.05) is 54.7 Å². The fourth-order valence-corrected chi connectivity index (χ4v) is 3.89.